The number of alkyl halides is 3. The third kappa shape index (κ3) is 5.50. The van der Waals surface area contributed by atoms with Gasteiger partial charge in [0, 0.05) is 11.3 Å². The van der Waals surface area contributed by atoms with E-state index in [9.17, 15) is 17.6 Å². The molecule has 0 fully saturated rings. The highest BCUT2D eigenvalue weighted by molar-refractivity contribution is 5.92. The van der Waals surface area contributed by atoms with Crippen LogP contribution in [0.4, 0.5) is 23.2 Å². The Labute approximate surface area is 129 Å². The van der Waals surface area contributed by atoms with Crippen LogP contribution in [0.3, 0.4) is 0 Å². The van der Waals surface area contributed by atoms with Crippen molar-refractivity contribution in [3.8, 4) is 5.75 Å². The SMILES string of the molecule is NC(=NCc1ccccc1F)Nc1ccc(OC(F)(F)F)cc1. The van der Waals surface area contributed by atoms with E-state index in [0.29, 0.717) is 11.3 Å². The largest absolute Gasteiger partial charge is 0.573 e. The maximum absolute atomic E-state index is 13.4. The molecule has 0 radical (unpaired) electrons. The molecule has 0 aliphatic carbocycles. The number of benzene rings is 2. The maximum Gasteiger partial charge on any atom is 0.573 e. The van der Waals surface area contributed by atoms with Crippen LogP contribution in [-0.4, -0.2) is 12.3 Å². The first-order valence-corrected chi connectivity index (χ1v) is 6.49. The average molecular weight is 327 g/mol. The molecule has 0 heterocycles. The van der Waals surface area contributed by atoms with Gasteiger partial charge in [-0.2, -0.15) is 0 Å². The van der Waals surface area contributed by atoms with E-state index in [1.54, 1.807) is 18.2 Å². The minimum absolute atomic E-state index is 0.0118. The molecule has 4 nitrogen and oxygen atoms in total. The summed E-state index contributed by atoms with van der Waals surface area (Å²) in [6, 6.07) is 11.1. The van der Waals surface area contributed by atoms with Crippen LogP contribution < -0.4 is 15.8 Å². The molecule has 0 aromatic heterocycles. The number of hydrogen-bond acceptors (Lipinski definition) is 2. The standard InChI is InChI=1S/C15H13F4N3O/c16-13-4-2-1-3-10(13)9-21-14(20)22-11-5-7-12(8-6-11)23-15(17,18)19/h1-8H,9H2,(H3,20,21,22). The van der Waals surface area contributed by atoms with Gasteiger partial charge < -0.3 is 15.8 Å². The molecule has 0 amide bonds. The fraction of sp³-hybridized carbons (Fsp3) is 0.133. The van der Waals surface area contributed by atoms with Crippen molar-refractivity contribution in [3.63, 3.8) is 0 Å². The molecule has 23 heavy (non-hydrogen) atoms. The van der Waals surface area contributed by atoms with E-state index < -0.39 is 12.2 Å². The maximum atomic E-state index is 13.4. The number of rotatable bonds is 4. The minimum Gasteiger partial charge on any atom is -0.406 e. The zero-order valence-corrected chi connectivity index (χ0v) is 11.8. The van der Waals surface area contributed by atoms with Crippen LogP contribution in [0.25, 0.3) is 0 Å². The molecule has 8 heteroatoms. The molecule has 0 saturated carbocycles. The monoisotopic (exact) mass is 327 g/mol. The van der Waals surface area contributed by atoms with Crippen molar-refractivity contribution < 1.29 is 22.3 Å². The molecular formula is C15H13F4N3O. The number of halogens is 4. The predicted octanol–water partition coefficient (Wildman–Crippen LogP) is 3.65. The van der Waals surface area contributed by atoms with Gasteiger partial charge in [-0.3, -0.25) is 0 Å². The third-order valence-electron chi connectivity index (χ3n) is 2.74. The Balaban J connectivity index is 1.96. The van der Waals surface area contributed by atoms with Gasteiger partial charge in [0.05, 0.1) is 6.54 Å². The third-order valence-corrected chi connectivity index (χ3v) is 2.74. The summed E-state index contributed by atoms with van der Waals surface area (Å²) in [7, 11) is 0. The van der Waals surface area contributed by atoms with Crippen molar-refractivity contribution in [3.05, 3.63) is 59.9 Å². The van der Waals surface area contributed by atoms with Crippen molar-refractivity contribution in [1.29, 1.82) is 0 Å². The predicted molar refractivity (Wildman–Crippen MR) is 78.5 cm³/mol. The first-order chi connectivity index (χ1) is 10.8. The summed E-state index contributed by atoms with van der Waals surface area (Å²) >= 11 is 0. The Morgan fingerprint density at radius 1 is 1.09 bits per heavy atom. The summed E-state index contributed by atoms with van der Waals surface area (Å²) in [5, 5.41) is 2.69. The van der Waals surface area contributed by atoms with E-state index in [-0.39, 0.29) is 18.3 Å². The number of guanidine groups is 1. The normalized spacial score (nSPS) is 12.1. The second-order valence-corrected chi connectivity index (χ2v) is 4.49. The molecule has 0 aliphatic heterocycles. The Morgan fingerprint density at radius 3 is 2.35 bits per heavy atom. The fourth-order valence-corrected chi connectivity index (χ4v) is 1.72. The quantitative estimate of drug-likeness (QED) is 0.512. The van der Waals surface area contributed by atoms with Gasteiger partial charge in [0.15, 0.2) is 5.96 Å². The molecule has 2 aromatic carbocycles. The van der Waals surface area contributed by atoms with E-state index in [1.165, 1.54) is 18.2 Å². The van der Waals surface area contributed by atoms with E-state index in [1.807, 2.05) is 0 Å². The highest BCUT2D eigenvalue weighted by atomic mass is 19.4. The summed E-state index contributed by atoms with van der Waals surface area (Å²) in [5.41, 5.74) is 6.45. The lowest BCUT2D eigenvalue weighted by atomic mass is 10.2. The highest BCUT2D eigenvalue weighted by Crippen LogP contribution is 2.23. The molecule has 122 valence electrons. The smallest absolute Gasteiger partial charge is 0.406 e. The topological polar surface area (TPSA) is 59.6 Å². The molecule has 2 rings (SSSR count). The van der Waals surface area contributed by atoms with Gasteiger partial charge in [-0.05, 0) is 30.3 Å². The Bertz CT molecular complexity index is 684. The average Bonchev–Trinajstić information content (AvgIpc) is 2.47. The lowest BCUT2D eigenvalue weighted by molar-refractivity contribution is -0.274. The molecule has 0 spiro atoms. The summed E-state index contributed by atoms with van der Waals surface area (Å²) in [6.45, 7) is 0.0424. The highest BCUT2D eigenvalue weighted by Gasteiger charge is 2.30. The molecule has 0 atom stereocenters. The van der Waals surface area contributed by atoms with Crippen molar-refractivity contribution >= 4 is 11.6 Å². The van der Waals surface area contributed by atoms with E-state index in [0.717, 1.165) is 12.1 Å². The van der Waals surface area contributed by atoms with E-state index in [2.05, 4.69) is 15.0 Å². The molecular weight excluding hydrogens is 314 g/mol. The Kier molecular flexibility index (Phi) is 5.05. The second kappa shape index (κ2) is 6.99. The molecule has 0 unspecified atom stereocenters. The van der Waals surface area contributed by atoms with Crippen molar-refractivity contribution in [2.45, 2.75) is 12.9 Å². The zero-order chi connectivity index (χ0) is 16.9. The zero-order valence-electron chi connectivity index (χ0n) is 11.8. The minimum atomic E-state index is -4.74. The van der Waals surface area contributed by atoms with E-state index in [4.69, 9.17) is 5.73 Å². The van der Waals surface area contributed by atoms with Crippen LogP contribution >= 0.6 is 0 Å². The first kappa shape index (κ1) is 16.6. The van der Waals surface area contributed by atoms with Gasteiger partial charge >= 0.3 is 6.36 Å². The molecule has 3 N–H and O–H groups in total. The Hall–Kier alpha value is -2.77. The van der Waals surface area contributed by atoms with Crippen LogP contribution in [0.15, 0.2) is 53.5 Å². The van der Waals surface area contributed by atoms with Crippen molar-refractivity contribution in [1.82, 2.24) is 0 Å². The number of nitrogens with two attached hydrogens (primary N) is 1. The lowest BCUT2D eigenvalue weighted by Gasteiger charge is -2.10. The first-order valence-electron chi connectivity index (χ1n) is 6.49. The van der Waals surface area contributed by atoms with Crippen molar-refractivity contribution in [2.24, 2.45) is 10.7 Å². The number of aliphatic imine (C=N–C) groups is 1. The molecule has 0 saturated heterocycles. The molecule has 0 aliphatic rings. The van der Waals surface area contributed by atoms with Crippen LogP contribution in [0.5, 0.6) is 5.75 Å². The van der Waals surface area contributed by atoms with Crippen molar-refractivity contribution in [2.75, 3.05) is 5.32 Å². The Morgan fingerprint density at radius 2 is 1.74 bits per heavy atom. The second-order valence-electron chi connectivity index (χ2n) is 4.49. The van der Waals surface area contributed by atoms with E-state index >= 15 is 0 Å². The van der Waals surface area contributed by atoms with Crippen LogP contribution in [0, 0.1) is 5.82 Å². The van der Waals surface area contributed by atoms with Gasteiger partial charge in [-0.25, -0.2) is 9.38 Å². The number of nitrogens with one attached hydrogen (secondary N) is 1. The number of ether oxygens (including phenoxy) is 1. The number of nitrogens with zero attached hydrogens (tertiary/aromatic N) is 1. The summed E-state index contributed by atoms with van der Waals surface area (Å²) < 4.78 is 53.3. The van der Waals surface area contributed by atoms with Gasteiger partial charge in [0.1, 0.15) is 11.6 Å². The molecule has 2 aromatic rings. The van der Waals surface area contributed by atoms with Gasteiger partial charge in [0.25, 0.3) is 0 Å². The lowest BCUT2D eigenvalue weighted by Crippen LogP contribution is -2.22. The summed E-state index contributed by atoms with van der Waals surface area (Å²) in [5.74, 6) is -0.722. The van der Waals surface area contributed by atoms with Crippen LogP contribution in [0.2, 0.25) is 0 Å². The van der Waals surface area contributed by atoms with Gasteiger partial charge in [0.2, 0.25) is 0 Å². The van der Waals surface area contributed by atoms with Crippen LogP contribution in [-0.2, 0) is 6.54 Å². The van der Waals surface area contributed by atoms with Gasteiger partial charge in [-0.1, -0.05) is 18.2 Å². The number of anilines is 1. The molecule has 0 bridgehead atoms. The van der Waals surface area contributed by atoms with Crippen LogP contribution in [0.1, 0.15) is 5.56 Å². The summed E-state index contributed by atoms with van der Waals surface area (Å²) in [4.78, 5) is 3.96. The van der Waals surface area contributed by atoms with Gasteiger partial charge in [-0.15, -0.1) is 13.2 Å². The fourth-order valence-electron chi connectivity index (χ4n) is 1.72. The summed E-state index contributed by atoms with van der Waals surface area (Å²) in [6.07, 6.45) is -4.74. The number of hydrogen-bond donors (Lipinski definition) is 2.